The van der Waals surface area contributed by atoms with Crippen molar-refractivity contribution in [2.75, 3.05) is 0 Å². The Morgan fingerprint density at radius 2 is 1.67 bits per heavy atom. The van der Waals surface area contributed by atoms with Gasteiger partial charge in [-0.2, -0.15) is 0 Å². The summed E-state index contributed by atoms with van der Waals surface area (Å²) in [5.74, 6) is 0. The Labute approximate surface area is 107 Å². The number of benzene rings is 2. The second kappa shape index (κ2) is 3.95. The monoisotopic (exact) mass is 258 g/mol. The third-order valence-corrected chi connectivity index (χ3v) is 5.63. The predicted molar refractivity (Wildman–Crippen MR) is 71.3 cm³/mol. The van der Waals surface area contributed by atoms with Gasteiger partial charge in [-0.1, -0.05) is 42.0 Å². The minimum absolute atomic E-state index is 0.364. The molecule has 0 bridgehead atoms. The number of hydrogen-bond acceptors (Lipinski definition) is 2. The second-order valence-corrected chi connectivity index (χ2v) is 6.88. The lowest BCUT2D eigenvalue weighted by Crippen LogP contribution is -2.25. The van der Waals surface area contributed by atoms with Crippen LogP contribution in [-0.4, -0.2) is 8.42 Å². The highest BCUT2D eigenvalue weighted by Crippen LogP contribution is 2.41. The van der Waals surface area contributed by atoms with E-state index in [1.165, 1.54) is 0 Å². The highest BCUT2D eigenvalue weighted by Gasteiger charge is 2.37. The van der Waals surface area contributed by atoms with E-state index in [0.29, 0.717) is 11.3 Å². The fourth-order valence-corrected chi connectivity index (χ4v) is 4.19. The van der Waals surface area contributed by atoms with Crippen LogP contribution in [0.1, 0.15) is 21.9 Å². The second-order valence-electron chi connectivity index (χ2n) is 4.75. The van der Waals surface area contributed by atoms with E-state index in [-0.39, 0.29) is 5.25 Å². The van der Waals surface area contributed by atoms with Gasteiger partial charge in [0, 0.05) is 0 Å². The van der Waals surface area contributed by atoms with Gasteiger partial charge in [-0.25, -0.2) is 8.42 Å². The molecule has 92 valence electrons. The van der Waals surface area contributed by atoms with E-state index in [1.807, 2.05) is 43.3 Å². The van der Waals surface area contributed by atoms with Crippen LogP contribution >= 0.6 is 0 Å². The zero-order valence-corrected chi connectivity index (χ0v) is 10.9. The SMILES string of the molecule is Cc1ccc(S(=O)(=O)C2Cc3ccccc32)cc1. The first-order valence-electron chi connectivity index (χ1n) is 5.97. The number of aryl methyl sites for hydroxylation is 1. The highest BCUT2D eigenvalue weighted by atomic mass is 32.2. The molecule has 0 saturated heterocycles. The minimum atomic E-state index is -3.23. The standard InChI is InChI=1S/C15H14O2S/c1-11-6-8-13(9-7-11)18(16,17)15-10-12-4-2-3-5-14(12)15/h2-9,15H,10H2,1H3. The van der Waals surface area contributed by atoms with E-state index < -0.39 is 9.84 Å². The molecule has 1 atom stereocenters. The molecule has 0 heterocycles. The van der Waals surface area contributed by atoms with Crippen LogP contribution in [0.25, 0.3) is 0 Å². The van der Waals surface area contributed by atoms with Crippen molar-refractivity contribution in [1.82, 2.24) is 0 Å². The average molecular weight is 258 g/mol. The molecule has 2 aromatic carbocycles. The Bertz CT molecular complexity index is 685. The van der Waals surface area contributed by atoms with Crippen molar-refractivity contribution in [3.63, 3.8) is 0 Å². The summed E-state index contributed by atoms with van der Waals surface area (Å²) in [5.41, 5.74) is 3.18. The number of rotatable bonds is 2. The van der Waals surface area contributed by atoms with Crippen LogP contribution in [-0.2, 0) is 16.3 Å². The fraction of sp³-hybridized carbons (Fsp3) is 0.200. The summed E-state index contributed by atoms with van der Waals surface area (Å²) >= 11 is 0. The smallest absolute Gasteiger partial charge is 0.185 e. The highest BCUT2D eigenvalue weighted by molar-refractivity contribution is 7.91. The molecule has 1 aliphatic carbocycles. The maximum Gasteiger partial charge on any atom is 0.185 e. The summed E-state index contributed by atoms with van der Waals surface area (Å²) in [6.07, 6.45) is 0.631. The maximum atomic E-state index is 12.5. The first-order chi connectivity index (χ1) is 8.59. The molecular weight excluding hydrogens is 244 g/mol. The van der Waals surface area contributed by atoms with E-state index in [0.717, 1.165) is 16.7 Å². The summed E-state index contributed by atoms with van der Waals surface area (Å²) in [6.45, 7) is 1.95. The Hall–Kier alpha value is -1.61. The van der Waals surface area contributed by atoms with Gasteiger partial charge in [0.1, 0.15) is 0 Å². The molecule has 0 aromatic heterocycles. The summed E-state index contributed by atoms with van der Waals surface area (Å²) in [7, 11) is -3.23. The van der Waals surface area contributed by atoms with Gasteiger partial charge in [0.15, 0.2) is 9.84 Å². The molecular formula is C15H14O2S. The van der Waals surface area contributed by atoms with Gasteiger partial charge in [0.2, 0.25) is 0 Å². The summed E-state index contributed by atoms with van der Waals surface area (Å²) in [5, 5.41) is -0.364. The lowest BCUT2D eigenvalue weighted by Gasteiger charge is -2.29. The minimum Gasteiger partial charge on any atom is -0.223 e. The molecule has 3 rings (SSSR count). The Balaban J connectivity index is 2.01. The molecule has 0 saturated carbocycles. The van der Waals surface area contributed by atoms with Crippen molar-refractivity contribution in [3.05, 3.63) is 65.2 Å². The molecule has 0 spiro atoms. The lowest BCUT2D eigenvalue weighted by atomic mass is 9.88. The van der Waals surface area contributed by atoms with Crippen molar-refractivity contribution < 1.29 is 8.42 Å². The van der Waals surface area contributed by atoms with Crippen molar-refractivity contribution in [2.45, 2.75) is 23.5 Å². The van der Waals surface area contributed by atoms with E-state index in [4.69, 9.17) is 0 Å². The molecule has 18 heavy (non-hydrogen) atoms. The Morgan fingerprint density at radius 3 is 2.33 bits per heavy atom. The fourth-order valence-electron chi connectivity index (χ4n) is 2.38. The Morgan fingerprint density at radius 1 is 1.00 bits per heavy atom. The molecule has 1 aliphatic rings. The van der Waals surface area contributed by atoms with Crippen molar-refractivity contribution in [2.24, 2.45) is 0 Å². The first-order valence-corrected chi connectivity index (χ1v) is 7.52. The van der Waals surface area contributed by atoms with Gasteiger partial charge in [0.05, 0.1) is 10.1 Å². The van der Waals surface area contributed by atoms with Crippen LogP contribution in [0.5, 0.6) is 0 Å². The summed E-state index contributed by atoms with van der Waals surface area (Å²) in [6, 6.07) is 14.8. The van der Waals surface area contributed by atoms with E-state index in [1.54, 1.807) is 12.1 Å². The molecule has 0 amide bonds. The van der Waals surface area contributed by atoms with Crippen molar-refractivity contribution >= 4 is 9.84 Å². The van der Waals surface area contributed by atoms with Crippen LogP contribution in [0.3, 0.4) is 0 Å². The van der Waals surface area contributed by atoms with Gasteiger partial charge in [-0.15, -0.1) is 0 Å². The molecule has 2 nitrogen and oxygen atoms in total. The van der Waals surface area contributed by atoms with Gasteiger partial charge < -0.3 is 0 Å². The Kier molecular flexibility index (Phi) is 2.52. The van der Waals surface area contributed by atoms with Crippen LogP contribution in [0.2, 0.25) is 0 Å². The van der Waals surface area contributed by atoms with Crippen molar-refractivity contribution in [3.8, 4) is 0 Å². The van der Waals surface area contributed by atoms with E-state index >= 15 is 0 Å². The third kappa shape index (κ3) is 1.66. The van der Waals surface area contributed by atoms with Crippen LogP contribution in [0, 0.1) is 6.92 Å². The van der Waals surface area contributed by atoms with Crippen LogP contribution in [0.15, 0.2) is 53.4 Å². The molecule has 0 N–H and O–H groups in total. The van der Waals surface area contributed by atoms with E-state index in [2.05, 4.69) is 0 Å². The van der Waals surface area contributed by atoms with Crippen LogP contribution < -0.4 is 0 Å². The summed E-state index contributed by atoms with van der Waals surface area (Å²) < 4.78 is 25.0. The zero-order valence-electron chi connectivity index (χ0n) is 10.1. The predicted octanol–water partition coefficient (Wildman–Crippen LogP) is 3.07. The van der Waals surface area contributed by atoms with Gasteiger partial charge in [-0.05, 0) is 36.6 Å². The quantitative estimate of drug-likeness (QED) is 0.829. The first kappa shape index (κ1) is 11.5. The average Bonchev–Trinajstić information content (AvgIpc) is 2.31. The number of fused-ring (bicyclic) bond motifs is 1. The van der Waals surface area contributed by atoms with E-state index in [9.17, 15) is 8.42 Å². The van der Waals surface area contributed by atoms with Gasteiger partial charge >= 0.3 is 0 Å². The van der Waals surface area contributed by atoms with Gasteiger partial charge in [0.25, 0.3) is 0 Å². The number of sulfone groups is 1. The normalized spacial score (nSPS) is 17.9. The van der Waals surface area contributed by atoms with Crippen molar-refractivity contribution in [1.29, 1.82) is 0 Å². The molecule has 0 fully saturated rings. The largest absolute Gasteiger partial charge is 0.223 e. The lowest BCUT2D eigenvalue weighted by molar-refractivity contribution is 0.572. The third-order valence-electron chi connectivity index (χ3n) is 3.53. The zero-order chi connectivity index (χ0) is 12.8. The molecule has 0 radical (unpaired) electrons. The maximum absolute atomic E-state index is 12.5. The molecule has 1 unspecified atom stereocenters. The topological polar surface area (TPSA) is 34.1 Å². The molecule has 2 aromatic rings. The number of hydrogen-bond donors (Lipinski definition) is 0. The molecule has 0 aliphatic heterocycles. The summed E-state index contributed by atoms with van der Waals surface area (Å²) in [4.78, 5) is 0.424. The van der Waals surface area contributed by atoms with Gasteiger partial charge in [-0.3, -0.25) is 0 Å². The molecule has 3 heteroatoms. The van der Waals surface area contributed by atoms with Crippen LogP contribution in [0.4, 0.5) is 0 Å².